The van der Waals surface area contributed by atoms with Crippen molar-refractivity contribution >= 4 is 11.6 Å². The molecule has 0 saturated heterocycles. The molecule has 0 aliphatic heterocycles. The first-order valence-electron chi connectivity index (χ1n) is 5.74. The van der Waals surface area contributed by atoms with Gasteiger partial charge in [-0.05, 0) is 26.0 Å². The van der Waals surface area contributed by atoms with Gasteiger partial charge in [-0.2, -0.15) is 10.2 Å². The summed E-state index contributed by atoms with van der Waals surface area (Å²) in [5.41, 5.74) is 1.87. The molecule has 6 nitrogen and oxygen atoms in total. The third-order valence-electron chi connectivity index (χ3n) is 2.56. The van der Waals surface area contributed by atoms with E-state index in [0.29, 0.717) is 6.54 Å². The lowest BCUT2D eigenvalue weighted by molar-refractivity contribution is 0.913. The topological polar surface area (TPSA) is 75.6 Å². The van der Waals surface area contributed by atoms with Crippen molar-refractivity contribution in [2.24, 2.45) is 0 Å². The summed E-state index contributed by atoms with van der Waals surface area (Å²) in [5.74, 6) is 2.38. The zero-order chi connectivity index (χ0) is 13.0. The van der Waals surface area contributed by atoms with Crippen molar-refractivity contribution in [3.63, 3.8) is 0 Å². The second-order valence-corrected chi connectivity index (χ2v) is 3.91. The van der Waals surface area contributed by atoms with Gasteiger partial charge in [-0.1, -0.05) is 0 Å². The van der Waals surface area contributed by atoms with Gasteiger partial charge in [0.15, 0.2) is 0 Å². The Balaban J connectivity index is 2.17. The van der Waals surface area contributed by atoms with Crippen LogP contribution in [0.3, 0.4) is 0 Å². The van der Waals surface area contributed by atoms with Gasteiger partial charge in [0.2, 0.25) is 0 Å². The van der Waals surface area contributed by atoms with Crippen LogP contribution in [0.4, 0.5) is 11.6 Å². The summed E-state index contributed by atoms with van der Waals surface area (Å²) in [4.78, 5) is 8.70. The number of rotatable bonds is 4. The number of hydrogen-bond donors (Lipinski definition) is 2. The van der Waals surface area contributed by atoms with E-state index in [1.54, 1.807) is 6.20 Å². The smallest absolute Gasteiger partial charge is 0.135 e. The summed E-state index contributed by atoms with van der Waals surface area (Å²) in [5, 5.41) is 14.2. The van der Waals surface area contributed by atoms with Crippen LogP contribution in [0.1, 0.15) is 17.1 Å². The molecule has 0 unspecified atom stereocenters. The van der Waals surface area contributed by atoms with Crippen LogP contribution in [0, 0.1) is 13.8 Å². The van der Waals surface area contributed by atoms with Crippen LogP contribution in [0.15, 0.2) is 18.3 Å². The fourth-order valence-electron chi connectivity index (χ4n) is 1.65. The summed E-state index contributed by atoms with van der Waals surface area (Å²) in [7, 11) is 1.85. The Bertz CT molecular complexity index is 526. The van der Waals surface area contributed by atoms with Gasteiger partial charge in [0, 0.05) is 18.8 Å². The summed E-state index contributed by atoms with van der Waals surface area (Å²) >= 11 is 0. The lowest BCUT2D eigenvalue weighted by atomic mass is 10.3. The van der Waals surface area contributed by atoms with E-state index in [0.717, 1.165) is 28.7 Å². The van der Waals surface area contributed by atoms with E-state index in [1.807, 2.05) is 33.0 Å². The lowest BCUT2D eigenvalue weighted by Crippen LogP contribution is -2.09. The quantitative estimate of drug-likeness (QED) is 0.849. The Morgan fingerprint density at radius 1 is 1.17 bits per heavy atom. The van der Waals surface area contributed by atoms with Gasteiger partial charge >= 0.3 is 0 Å². The second-order valence-electron chi connectivity index (χ2n) is 3.91. The highest BCUT2D eigenvalue weighted by Gasteiger charge is 2.07. The first-order valence-corrected chi connectivity index (χ1v) is 5.74. The molecule has 0 saturated carbocycles. The van der Waals surface area contributed by atoms with Crippen LogP contribution < -0.4 is 10.6 Å². The lowest BCUT2D eigenvalue weighted by Gasteiger charge is -2.12. The van der Waals surface area contributed by atoms with Gasteiger partial charge < -0.3 is 10.6 Å². The molecule has 18 heavy (non-hydrogen) atoms. The van der Waals surface area contributed by atoms with Crippen molar-refractivity contribution in [1.82, 2.24) is 20.2 Å². The van der Waals surface area contributed by atoms with Crippen LogP contribution >= 0.6 is 0 Å². The zero-order valence-corrected chi connectivity index (χ0v) is 10.7. The van der Waals surface area contributed by atoms with E-state index in [2.05, 4.69) is 30.8 Å². The molecule has 0 fully saturated rings. The first-order chi connectivity index (χ1) is 8.70. The molecule has 0 aliphatic carbocycles. The van der Waals surface area contributed by atoms with E-state index in [4.69, 9.17) is 0 Å². The highest BCUT2D eigenvalue weighted by molar-refractivity contribution is 5.56. The number of aryl methyl sites for hydroxylation is 1. The molecule has 0 aromatic carbocycles. The van der Waals surface area contributed by atoms with E-state index >= 15 is 0 Å². The van der Waals surface area contributed by atoms with E-state index < -0.39 is 0 Å². The van der Waals surface area contributed by atoms with Gasteiger partial charge in [0.25, 0.3) is 0 Å². The Morgan fingerprint density at radius 2 is 1.94 bits per heavy atom. The number of nitrogens with one attached hydrogen (secondary N) is 2. The largest absolute Gasteiger partial charge is 0.373 e. The molecule has 2 aromatic heterocycles. The van der Waals surface area contributed by atoms with Crippen LogP contribution in [-0.4, -0.2) is 27.2 Å². The molecule has 2 heterocycles. The predicted octanol–water partition coefficient (Wildman–Crippen LogP) is 1.54. The molecule has 2 N–H and O–H groups in total. The van der Waals surface area contributed by atoms with E-state index in [9.17, 15) is 0 Å². The maximum atomic E-state index is 4.39. The van der Waals surface area contributed by atoms with Crippen molar-refractivity contribution in [2.75, 3.05) is 17.7 Å². The number of aromatic nitrogens is 4. The fraction of sp³-hybridized carbons (Fsp3) is 0.333. The average Bonchev–Trinajstić information content (AvgIpc) is 2.40. The van der Waals surface area contributed by atoms with Crippen molar-refractivity contribution in [2.45, 2.75) is 20.4 Å². The molecule has 94 valence electrons. The molecule has 2 rings (SSSR count). The van der Waals surface area contributed by atoms with E-state index in [1.165, 1.54) is 0 Å². The summed E-state index contributed by atoms with van der Waals surface area (Å²) in [6, 6.07) is 3.78. The highest BCUT2D eigenvalue weighted by atomic mass is 15.1. The molecule has 2 aromatic rings. The molecular weight excluding hydrogens is 228 g/mol. The monoisotopic (exact) mass is 244 g/mol. The normalized spacial score (nSPS) is 10.2. The molecular formula is C12H16N6. The standard InChI is InChI=1S/C12H16N6/c1-8-11(13-3)16-9(2)17-12(8)14-7-10-5-4-6-15-18-10/h4-6H,7H2,1-3H3,(H2,13,14,16,17). The van der Waals surface area contributed by atoms with E-state index in [-0.39, 0.29) is 0 Å². The SMILES string of the molecule is CNc1nc(C)nc(NCc2cccnn2)c1C. The predicted molar refractivity (Wildman–Crippen MR) is 70.4 cm³/mol. The number of anilines is 2. The molecule has 0 radical (unpaired) electrons. The van der Waals surface area contributed by atoms with Gasteiger partial charge in [-0.3, -0.25) is 0 Å². The third-order valence-corrected chi connectivity index (χ3v) is 2.56. The van der Waals surface area contributed by atoms with Crippen LogP contribution in [0.5, 0.6) is 0 Å². The van der Waals surface area contributed by atoms with Gasteiger partial charge in [0.05, 0.1) is 12.2 Å². The van der Waals surface area contributed by atoms with Crippen LogP contribution in [0.2, 0.25) is 0 Å². The molecule has 0 bridgehead atoms. The Hall–Kier alpha value is -2.24. The first kappa shape index (κ1) is 12.2. The second kappa shape index (κ2) is 5.39. The van der Waals surface area contributed by atoms with Gasteiger partial charge in [0.1, 0.15) is 17.5 Å². The van der Waals surface area contributed by atoms with Crippen LogP contribution in [0.25, 0.3) is 0 Å². The van der Waals surface area contributed by atoms with Crippen molar-refractivity contribution in [1.29, 1.82) is 0 Å². The van der Waals surface area contributed by atoms with Crippen LogP contribution in [-0.2, 0) is 6.54 Å². The third kappa shape index (κ3) is 2.71. The Labute approximate surface area is 106 Å². The molecule has 0 amide bonds. The molecule has 0 atom stereocenters. The average molecular weight is 244 g/mol. The molecule has 0 aliphatic rings. The van der Waals surface area contributed by atoms with Crippen molar-refractivity contribution in [3.05, 3.63) is 35.4 Å². The summed E-state index contributed by atoms with van der Waals surface area (Å²) < 4.78 is 0. The van der Waals surface area contributed by atoms with Gasteiger partial charge in [-0.15, -0.1) is 0 Å². The number of hydrogen-bond acceptors (Lipinski definition) is 6. The Kier molecular flexibility index (Phi) is 3.66. The minimum absolute atomic E-state index is 0.592. The molecule has 0 spiro atoms. The zero-order valence-electron chi connectivity index (χ0n) is 10.7. The maximum Gasteiger partial charge on any atom is 0.135 e. The minimum Gasteiger partial charge on any atom is -0.373 e. The van der Waals surface area contributed by atoms with Crippen molar-refractivity contribution in [3.8, 4) is 0 Å². The highest BCUT2D eigenvalue weighted by Crippen LogP contribution is 2.19. The fourth-order valence-corrected chi connectivity index (χ4v) is 1.65. The number of nitrogens with zero attached hydrogens (tertiary/aromatic N) is 4. The van der Waals surface area contributed by atoms with Gasteiger partial charge in [-0.25, -0.2) is 9.97 Å². The molecule has 6 heteroatoms. The summed E-state index contributed by atoms with van der Waals surface area (Å²) in [6.07, 6.45) is 1.66. The Morgan fingerprint density at radius 3 is 2.61 bits per heavy atom. The minimum atomic E-state index is 0.592. The summed E-state index contributed by atoms with van der Waals surface area (Å²) in [6.45, 7) is 4.44. The maximum absolute atomic E-state index is 4.39. The van der Waals surface area contributed by atoms with Crippen molar-refractivity contribution < 1.29 is 0 Å².